The van der Waals surface area contributed by atoms with Crippen molar-refractivity contribution in [3.63, 3.8) is 0 Å². The first kappa shape index (κ1) is 11.1. The van der Waals surface area contributed by atoms with Gasteiger partial charge in [0.25, 0.3) is 5.24 Å². The van der Waals surface area contributed by atoms with Crippen LogP contribution in [0.15, 0.2) is 42.6 Å². The van der Waals surface area contributed by atoms with Gasteiger partial charge in [-0.3, -0.25) is 4.79 Å². The average Bonchev–Trinajstić information content (AvgIpc) is 2.29. The molecule has 0 aliphatic carbocycles. The minimum atomic E-state index is -0.600. The molecule has 0 saturated carbocycles. The van der Waals surface area contributed by atoms with Gasteiger partial charge in [-0.25, -0.2) is 4.98 Å². The third-order valence-electron chi connectivity index (χ3n) is 2.19. The van der Waals surface area contributed by atoms with E-state index in [0.29, 0.717) is 5.56 Å². The molecule has 0 bridgehead atoms. The van der Waals surface area contributed by atoms with E-state index in [0.717, 1.165) is 5.56 Å². The number of nitrogens with zero attached hydrogens (tertiary/aromatic N) is 1. The minimum Gasteiger partial charge on any atom is -0.275 e. The first-order valence-corrected chi connectivity index (χ1v) is 5.35. The van der Waals surface area contributed by atoms with E-state index in [4.69, 9.17) is 23.2 Å². The topological polar surface area (TPSA) is 30.0 Å². The predicted octanol–water partition coefficient (Wildman–Crippen LogP) is 3.78. The lowest BCUT2D eigenvalue weighted by Gasteiger charge is -2.06. The monoisotopic (exact) mass is 251 g/mol. The summed E-state index contributed by atoms with van der Waals surface area (Å²) in [5, 5.41) is -0.474. The molecular formula is C12H7Cl2NO. The van der Waals surface area contributed by atoms with Crippen LogP contribution >= 0.6 is 23.2 Å². The van der Waals surface area contributed by atoms with E-state index in [1.54, 1.807) is 12.3 Å². The van der Waals surface area contributed by atoms with E-state index < -0.39 is 5.24 Å². The second-order valence-corrected chi connectivity index (χ2v) is 3.87. The largest absolute Gasteiger partial charge is 0.275 e. The number of halogens is 2. The van der Waals surface area contributed by atoms with Gasteiger partial charge in [0.05, 0.1) is 5.56 Å². The third-order valence-corrected chi connectivity index (χ3v) is 2.66. The van der Waals surface area contributed by atoms with Crippen LogP contribution in [0.4, 0.5) is 0 Å². The van der Waals surface area contributed by atoms with Crippen LogP contribution in [0.2, 0.25) is 5.15 Å². The highest BCUT2D eigenvalue weighted by molar-refractivity contribution is 6.69. The molecule has 0 fully saturated rings. The highest BCUT2D eigenvalue weighted by atomic mass is 35.5. The van der Waals surface area contributed by atoms with E-state index in [1.807, 2.05) is 30.3 Å². The molecule has 1 aromatic carbocycles. The van der Waals surface area contributed by atoms with Gasteiger partial charge in [0.2, 0.25) is 0 Å². The second-order valence-electron chi connectivity index (χ2n) is 3.16. The van der Waals surface area contributed by atoms with Crippen molar-refractivity contribution in [1.82, 2.24) is 4.98 Å². The molecule has 0 aliphatic rings. The third kappa shape index (κ3) is 2.08. The van der Waals surface area contributed by atoms with Crippen molar-refractivity contribution in [2.45, 2.75) is 0 Å². The number of carbonyl (C=O) groups is 1. The summed E-state index contributed by atoms with van der Waals surface area (Å²) in [6.45, 7) is 0. The van der Waals surface area contributed by atoms with Crippen LogP contribution in [0.25, 0.3) is 11.1 Å². The van der Waals surface area contributed by atoms with E-state index in [-0.39, 0.29) is 10.7 Å². The summed E-state index contributed by atoms with van der Waals surface area (Å²) in [5.41, 5.74) is 1.83. The van der Waals surface area contributed by atoms with Gasteiger partial charge >= 0.3 is 0 Å². The van der Waals surface area contributed by atoms with Crippen molar-refractivity contribution >= 4 is 28.4 Å². The standard InChI is InChI=1S/C12H7Cl2NO/c13-11-10(12(14)16)9(6-7-15-11)8-4-2-1-3-5-8/h1-7H. The predicted molar refractivity (Wildman–Crippen MR) is 64.9 cm³/mol. The van der Waals surface area contributed by atoms with Gasteiger partial charge in [0, 0.05) is 6.20 Å². The Bertz CT molecular complexity index is 526. The molecule has 0 atom stereocenters. The van der Waals surface area contributed by atoms with Crippen molar-refractivity contribution < 1.29 is 4.79 Å². The molecular weight excluding hydrogens is 245 g/mol. The van der Waals surface area contributed by atoms with Crippen LogP contribution in [0.1, 0.15) is 10.4 Å². The highest BCUT2D eigenvalue weighted by Crippen LogP contribution is 2.28. The van der Waals surface area contributed by atoms with Crippen molar-refractivity contribution in [3.8, 4) is 11.1 Å². The van der Waals surface area contributed by atoms with Crippen LogP contribution in [-0.4, -0.2) is 10.2 Å². The van der Waals surface area contributed by atoms with Gasteiger partial charge in [-0.2, -0.15) is 0 Å². The van der Waals surface area contributed by atoms with Crippen molar-refractivity contribution in [2.75, 3.05) is 0 Å². The molecule has 2 rings (SSSR count). The number of hydrogen-bond donors (Lipinski definition) is 0. The molecule has 0 radical (unpaired) electrons. The molecule has 0 unspecified atom stereocenters. The zero-order valence-electron chi connectivity index (χ0n) is 8.15. The lowest BCUT2D eigenvalue weighted by atomic mass is 10.0. The van der Waals surface area contributed by atoms with E-state index in [9.17, 15) is 4.79 Å². The zero-order valence-corrected chi connectivity index (χ0v) is 9.66. The number of carbonyl (C=O) groups excluding carboxylic acids is 1. The Morgan fingerprint density at radius 2 is 1.81 bits per heavy atom. The number of aromatic nitrogens is 1. The molecule has 0 N–H and O–H groups in total. The van der Waals surface area contributed by atoms with Gasteiger partial charge in [0.15, 0.2) is 0 Å². The summed E-state index contributed by atoms with van der Waals surface area (Å²) in [5.74, 6) is 0. The van der Waals surface area contributed by atoms with Crippen LogP contribution in [-0.2, 0) is 0 Å². The Kier molecular flexibility index (Phi) is 3.22. The smallest absolute Gasteiger partial charge is 0.256 e. The molecule has 80 valence electrons. The summed E-state index contributed by atoms with van der Waals surface area (Å²) >= 11 is 11.4. The Hall–Kier alpha value is -1.38. The lowest BCUT2D eigenvalue weighted by Crippen LogP contribution is -1.96. The second kappa shape index (κ2) is 4.64. The first-order chi connectivity index (χ1) is 7.70. The molecule has 0 aliphatic heterocycles. The summed E-state index contributed by atoms with van der Waals surface area (Å²) in [6, 6.07) is 11.1. The fourth-order valence-electron chi connectivity index (χ4n) is 1.48. The maximum Gasteiger partial charge on any atom is 0.256 e. The summed E-state index contributed by atoms with van der Waals surface area (Å²) < 4.78 is 0. The van der Waals surface area contributed by atoms with Gasteiger partial charge in [-0.05, 0) is 28.8 Å². The lowest BCUT2D eigenvalue weighted by molar-refractivity contribution is 0.108. The molecule has 0 spiro atoms. The quantitative estimate of drug-likeness (QED) is 0.601. The number of rotatable bonds is 2. The molecule has 4 heteroatoms. The fraction of sp³-hybridized carbons (Fsp3) is 0. The Labute approximate surface area is 103 Å². The number of pyridine rings is 1. The van der Waals surface area contributed by atoms with Crippen molar-refractivity contribution in [1.29, 1.82) is 0 Å². The fourth-order valence-corrected chi connectivity index (χ4v) is 1.97. The molecule has 1 aromatic heterocycles. The van der Waals surface area contributed by atoms with Crippen LogP contribution in [0.5, 0.6) is 0 Å². The van der Waals surface area contributed by atoms with Crippen LogP contribution in [0, 0.1) is 0 Å². The Morgan fingerprint density at radius 3 is 2.44 bits per heavy atom. The summed E-state index contributed by atoms with van der Waals surface area (Å²) in [7, 11) is 0. The van der Waals surface area contributed by atoms with Crippen molar-refractivity contribution in [2.24, 2.45) is 0 Å². The van der Waals surface area contributed by atoms with Crippen LogP contribution in [0.3, 0.4) is 0 Å². The molecule has 0 amide bonds. The van der Waals surface area contributed by atoms with Crippen molar-refractivity contribution in [3.05, 3.63) is 53.3 Å². The number of hydrogen-bond acceptors (Lipinski definition) is 2. The van der Waals surface area contributed by atoms with E-state index in [2.05, 4.69) is 4.98 Å². The SMILES string of the molecule is O=C(Cl)c1c(-c2ccccc2)ccnc1Cl. The normalized spacial score (nSPS) is 10.1. The summed E-state index contributed by atoms with van der Waals surface area (Å²) in [6.07, 6.45) is 1.55. The molecule has 2 nitrogen and oxygen atoms in total. The van der Waals surface area contributed by atoms with Gasteiger partial charge in [-0.15, -0.1) is 0 Å². The highest BCUT2D eigenvalue weighted by Gasteiger charge is 2.15. The summed E-state index contributed by atoms with van der Waals surface area (Å²) in [4.78, 5) is 15.1. The number of benzene rings is 1. The van der Waals surface area contributed by atoms with E-state index >= 15 is 0 Å². The molecule has 2 aromatic rings. The molecule has 1 heterocycles. The molecule has 0 saturated heterocycles. The van der Waals surface area contributed by atoms with Gasteiger partial charge < -0.3 is 0 Å². The minimum absolute atomic E-state index is 0.126. The Balaban J connectivity index is 2.66. The Morgan fingerprint density at radius 1 is 1.12 bits per heavy atom. The first-order valence-electron chi connectivity index (χ1n) is 4.60. The van der Waals surface area contributed by atoms with Gasteiger partial charge in [-0.1, -0.05) is 41.9 Å². The maximum absolute atomic E-state index is 11.3. The van der Waals surface area contributed by atoms with E-state index in [1.165, 1.54) is 0 Å². The van der Waals surface area contributed by atoms with Gasteiger partial charge in [0.1, 0.15) is 5.15 Å². The van der Waals surface area contributed by atoms with Crippen LogP contribution < -0.4 is 0 Å². The average molecular weight is 252 g/mol. The maximum atomic E-state index is 11.3. The zero-order chi connectivity index (χ0) is 11.5. The molecule has 16 heavy (non-hydrogen) atoms.